The number of rotatable bonds is 36. The van der Waals surface area contributed by atoms with Crippen molar-refractivity contribution in [3.63, 3.8) is 0 Å². The second-order valence-corrected chi connectivity index (χ2v) is 36.6. The molecule has 0 bridgehead atoms. The minimum absolute atomic E-state index is 0.861. The molecule has 0 aliphatic carbocycles. The quantitative estimate of drug-likeness (QED) is 0.0277. The number of aliphatic hydroxyl groups is 32. The summed E-state index contributed by atoms with van der Waals surface area (Å²) in [6, 6.07) is -8.27. The van der Waals surface area contributed by atoms with Crippen LogP contribution in [0.25, 0.3) is 0 Å². The van der Waals surface area contributed by atoms with Crippen LogP contribution in [-0.2, 0) is 128 Å². The van der Waals surface area contributed by atoms with Gasteiger partial charge in [0, 0.05) is 27.7 Å². The van der Waals surface area contributed by atoms with Crippen LogP contribution in [0.1, 0.15) is 41.5 Å². The van der Waals surface area contributed by atoms with Crippen LogP contribution in [0.2, 0.25) is 0 Å². The molecule has 12 fully saturated rings. The van der Waals surface area contributed by atoms with Gasteiger partial charge in [0.25, 0.3) is 0 Å². The Labute approximate surface area is 809 Å². The number of aliphatic hydroxyl groups excluding tert-OH is 32. The van der Waals surface area contributed by atoms with Gasteiger partial charge in [-0.2, -0.15) is 0 Å². The Balaban J connectivity index is 0.917. The fourth-order valence-electron chi connectivity index (χ4n) is 18.7. The first-order valence-corrected chi connectivity index (χ1v) is 45.9. The molecule has 0 aromatic rings. The minimum Gasteiger partial charge on any atom is -0.394 e. The molecule has 4 amide bonds. The predicted octanol–water partition coefficient (Wildman–Crippen LogP) is -24.5. The average molecular weight is 2100 g/mol. The number of hydrogen-bond donors (Lipinski definition) is 36. The number of carbonyl (C=O) groups excluding carboxylic acids is 4. The van der Waals surface area contributed by atoms with E-state index in [4.69, 9.17) is 109 Å². The summed E-state index contributed by atoms with van der Waals surface area (Å²) < 4.78 is 140. The van der Waals surface area contributed by atoms with E-state index in [9.17, 15) is 183 Å². The van der Waals surface area contributed by atoms with Crippen molar-refractivity contribution in [2.24, 2.45) is 0 Å². The second-order valence-electron chi connectivity index (χ2n) is 36.6. The first-order valence-electron chi connectivity index (χ1n) is 45.9. The van der Waals surface area contributed by atoms with Gasteiger partial charge in [-0.15, -0.1) is 0 Å². The molecule has 0 saturated carbocycles. The molecule has 12 rings (SSSR count). The fourth-order valence-corrected chi connectivity index (χ4v) is 18.7. The van der Waals surface area contributed by atoms with Crippen molar-refractivity contribution in [1.82, 2.24) is 21.3 Å². The maximum atomic E-state index is 14.0. The first-order chi connectivity index (χ1) is 67.6. The Morgan fingerprint density at radius 2 is 0.427 bits per heavy atom. The summed E-state index contributed by atoms with van der Waals surface area (Å²) in [4.78, 5) is 54.2. The lowest BCUT2D eigenvalue weighted by molar-refractivity contribution is -0.396. The molecule has 0 radical (unpaired) electrons. The topological polar surface area (TPSA) is 976 Å². The largest absolute Gasteiger partial charge is 0.394 e. The van der Waals surface area contributed by atoms with Crippen LogP contribution in [0.3, 0.4) is 0 Å². The Bertz CT molecular complexity index is 3950. The molecule has 12 aliphatic heterocycles. The highest BCUT2D eigenvalue weighted by atomic mass is 16.8. The second kappa shape index (κ2) is 51.0. The van der Waals surface area contributed by atoms with Crippen molar-refractivity contribution in [3.05, 3.63) is 0 Å². The van der Waals surface area contributed by atoms with Gasteiger partial charge in [-0.3, -0.25) is 19.2 Å². The third-order valence-electron chi connectivity index (χ3n) is 26.6. The van der Waals surface area contributed by atoms with Gasteiger partial charge in [0.05, 0.1) is 78.3 Å². The fraction of sp³-hybridized carbons (Fsp3) is 0.950. The van der Waals surface area contributed by atoms with Gasteiger partial charge < -0.3 is 294 Å². The molecule has 143 heavy (non-hydrogen) atoms. The van der Waals surface area contributed by atoms with Gasteiger partial charge in [-0.1, -0.05) is 0 Å². The average Bonchev–Trinajstić information content (AvgIpc) is 0.759. The predicted molar refractivity (Wildman–Crippen MR) is 439 cm³/mol. The normalized spacial score (nSPS) is 50.7. The number of hydrogen-bond acceptors (Lipinski definition) is 59. The van der Waals surface area contributed by atoms with Crippen LogP contribution in [-0.4, -0.2) is 621 Å². The van der Waals surface area contributed by atoms with Crippen LogP contribution in [0, 0.1) is 0 Å². The summed E-state index contributed by atoms with van der Waals surface area (Å²) in [6.45, 7) is -5.83. The Morgan fingerprint density at radius 3 is 0.783 bits per heavy atom. The molecule has 12 aliphatic rings. The van der Waals surface area contributed by atoms with Gasteiger partial charge in [0.1, 0.15) is 281 Å². The maximum absolute atomic E-state index is 14.0. The van der Waals surface area contributed by atoms with E-state index >= 15 is 0 Å². The van der Waals surface area contributed by atoms with E-state index in [0.717, 1.165) is 27.7 Å². The van der Waals surface area contributed by atoms with Crippen molar-refractivity contribution in [2.75, 3.05) is 66.1 Å². The van der Waals surface area contributed by atoms with Crippen molar-refractivity contribution >= 4 is 23.6 Å². The summed E-state index contributed by atoms with van der Waals surface area (Å²) in [5, 5.41) is 369. The van der Waals surface area contributed by atoms with Crippen molar-refractivity contribution in [3.8, 4) is 0 Å². The van der Waals surface area contributed by atoms with E-state index in [0.29, 0.717) is 0 Å². The van der Waals surface area contributed by atoms with Gasteiger partial charge in [0.15, 0.2) is 75.5 Å². The molecule has 828 valence electrons. The highest BCUT2D eigenvalue weighted by Gasteiger charge is 2.64. The zero-order valence-corrected chi connectivity index (χ0v) is 77.0. The molecule has 1 unspecified atom stereocenters. The number of carbonyl (C=O) groups is 4. The molecule has 36 N–H and O–H groups in total. The van der Waals surface area contributed by atoms with Gasteiger partial charge >= 0.3 is 0 Å². The minimum atomic E-state index is -2.68. The Hall–Kier alpha value is -4.32. The third kappa shape index (κ3) is 25.8. The van der Waals surface area contributed by atoms with Crippen molar-refractivity contribution < 1.29 is 292 Å². The molecule has 0 aromatic carbocycles. The van der Waals surface area contributed by atoms with Crippen molar-refractivity contribution in [2.45, 2.75) is 410 Å². The van der Waals surface area contributed by atoms with Crippen molar-refractivity contribution in [1.29, 1.82) is 0 Å². The third-order valence-corrected chi connectivity index (χ3v) is 26.6. The summed E-state index contributed by atoms with van der Waals surface area (Å²) in [5.41, 5.74) is 0. The maximum Gasteiger partial charge on any atom is 0.217 e. The summed E-state index contributed by atoms with van der Waals surface area (Å²) in [5.74, 6) is -4.16. The lowest BCUT2D eigenvalue weighted by atomic mass is 9.93. The molecular weight excluding hydrogens is 1960 g/mol. The van der Waals surface area contributed by atoms with Crippen LogP contribution < -0.4 is 21.3 Å². The number of ether oxygens (including phenoxy) is 23. The van der Waals surface area contributed by atoms with E-state index in [-0.39, 0.29) is 0 Å². The zero-order chi connectivity index (χ0) is 105. The van der Waals surface area contributed by atoms with E-state index in [1.165, 1.54) is 13.8 Å². The molecule has 60 atom stereocenters. The lowest BCUT2D eigenvalue weighted by Gasteiger charge is -2.52. The van der Waals surface area contributed by atoms with Gasteiger partial charge in [-0.25, -0.2) is 0 Å². The van der Waals surface area contributed by atoms with E-state index in [1.54, 1.807) is 0 Å². The highest BCUT2D eigenvalue weighted by Crippen LogP contribution is 2.43. The van der Waals surface area contributed by atoms with Crippen LogP contribution in [0.5, 0.6) is 0 Å². The number of amides is 4. The first kappa shape index (κ1) is 117. The Kier molecular flexibility index (Phi) is 41.8. The smallest absolute Gasteiger partial charge is 0.217 e. The Morgan fingerprint density at radius 1 is 0.196 bits per heavy atom. The van der Waals surface area contributed by atoms with E-state index < -0.39 is 458 Å². The highest BCUT2D eigenvalue weighted by molar-refractivity contribution is 5.74. The molecule has 63 nitrogen and oxygen atoms in total. The van der Waals surface area contributed by atoms with Crippen LogP contribution >= 0.6 is 0 Å². The number of nitrogens with one attached hydrogen (secondary N) is 4. The standard InChI is InChI=1S/C80H134N4O59/c1-17-37(97)46(106)53(113)74(123-17)137-63-30(14-92)132-73(36(84-22(6)96)66(63)141-78-57(117)50(110)41(101)25(9-87)129-78)143-67-44(104)32(133-79(58(67)118)136-61-27(11-89)125-69(120)52(112)51(61)111)16-122-71-35(83-21(5)95)65(140-75-54(114)47(107)38(98)18(2)124-75)62(29(13-91)131-71)138-80-59(119)68(142-72-34(82-20(4)94)64(42(102)26(10-88)126-72)139-77-56(116)49(109)40(100)24(8-86)128-77)43(103)31(134-80)15-121-70-33(81-19(3)93)45(105)60(28(12-90)130-70)135-76-55(115)48(108)39(99)23(7-85)127-76/h17-18,23-80,85-92,97-120H,7-16H2,1-6H3,(H,81,93)(H,82,94)(H,83,95)(H,84,96)/t17-,18-,23+,24+,25+,26+,27+,28+,29+,30+,31+,32+,33+,34+,35+,36+,37+,38+,39-,40-,41-,42+,43-,44-,45+,46+,47+,48-,49-,50-,51+,52+,53-,54-,55+,56+,57+,58+,59+,60+,61+,62+,63+,64+,65+,66+,67-,68-,69?,70+,71+,72-,73-,74-,75-,76-,77-,78-,79-,80-/m0/s1. The molecule has 0 spiro atoms. The summed E-state index contributed by atoms with van der Waals surface area (Å²) in [6.07, 6.45) is -120. The molecule has 12 saturated heterocycles. The summed E-state index contributed by atoms with van der Waals surface area (Å²) >= 11 is 0. The molecular formula is C80H134N4O59. The molecule has 0 aromatic heterocycles. The SMILES string of the molecule is CC(=O)N[C@H]1[C@H](OC[C@H]2O[C@@H](O[C@H]3[C@H](O[C@@H]4O[C@@H](C)[C@@H](O)[C@@H](O)[C@@H]4O)[C@@H](NC(C)=O)[C@H](OC[C@H]4O[C@@H](O[C@H]5[C@H](O)[C@@H](O)C(O)O[C@@H]5CO)[C@H](O)[C@@H](O[C@@H]5O[C@H](CO)[C@@H](O[C@@H]6O[C@@H](C)[C@@H](O)[C@@H](O)[C@@H]6O)[C@H](O[C@@H]6O[C@H](CO)[C@H](O)[C@H](O)[C@H]6O)[C@H]5NC(C)=O)[C@H]4O)O[C@@H]3CO)[C@H](O)[C@@H](O[C@@H]3O[C@H](CO)[C@@H](O)[C@H](O[C@@H]4O[C@H](CO)[C@H](O)[C@H](O)[C@H]4O)[C@H]3NC(C)=O)[C@H]2O)O[C@H](CO)[C@@H](O[C@@H]2O[C@H](CO)[C@H](O)[C@H](O)[C@H]2O)[C@@H]1O. The monoisotopic (exact) mass is 2090 g/mol. The van der Waals surface area contributed by atoms with Gasteiger partial charge in [0.2, 0.25) is 23.6 Å². The molecule has 63 heteroatoms. The molecule has 12 heterocycles. The van der Waals surface area contributed by atoms with E-state index in [2.05, 4.69) is 21.3 Å². The van der Waals surface area contributed by atoms with Crippen LogP contribution in [0.15, 0.2) is 0 Å². The van der Waals surface area contributed by atoms with E-state index in [1.807, 2.05) is 0 Å². The van der Waals surface area contributed by atoms with Crippen LogP contribution in [0.4, 0.5) is 0 Å². The summed E-state index contributed by atoms with van der Waals surface area (Å²) in [7, 11) is 0. The van der Waals surface area contributed by atoms with Gasteiger partial charge in [-0.05, 0) is 13.8 Å². The lowest BCUT2D eigenvalue weighted by Crippen LogP contribution is -2.71. The zero-order valence-electron chi connectivity index (χ0n) is 77.0.